The first-order valence-corrected chi connectivity index (χ1v) is 7.16. The molecule has 2 fully saturated rings. The molecule has 0 aromatic heterocycles. The minimum absolute atomic E-state index is 0.0684. The SMILES string of the molecule is CC(C)(C)OC(=O)N1NC(=O)C2CC(Br)CCC21. The quantitative estimate of drug-likeness (QED) is 0.697. The van der Waals surface area contributed by atoms with Gasteiger partial charge in [-0.2, -0.15) is 0 Å². The van der Waals surface area contributed by atoms with Crippen molar-refractivity contribution < 1.29 is 14.3 Å². The molecule has 3 unspecified atom stereocenters. The number of nitrogens with zero attached hydrogens (tertiary/aromatic N) is 1. The molecule has 1 N–H and O–H groups in total. The number of carbonyl (C=O) groups is 2. The fraction of sp³-hybridized carbons (Fsp3) is 0.833. The number of amides is 2. The zero-order chi connectivity index (χ0) is 13.5. The van der Waals surface area contributed by atoms with Gasteiger partial charge in [0.25, 0.3) is 0 Å². The normalized spacial score (nSPS) is 31.9. The van der Waals surface area contributed by atoms with E-state index in [1.165, 1.54) is 5.01 Å². The van der Waals surface area contributed by atoms with Crippen LogP contribution in [0.3, 0.4) is 0 Å². The molecule has 5 nitrogen and oxygen atoms in total. The van der Waals surface area contributed by atoms with Gasteiger partial charge in [0.05, 0.1) is 12.0 Å². The molecule has 1 aliphatic carbocycles. The molecule has 0 radical (unpaired) electrons. The largest absolute Gasteiger partial charge is 0.442 e. The lowest BCUT2D eigenvalue weighted by Crippen LogP contribution is -2.47. The summed E-state index contributed by atoms with van der Waals surface area (Å²) in [5, 5.41) is 1.37. The van der Waals surface area contributed by atoms with Crippen molar-refractivity contribution in [3.8, 4) is 0 Å². The highest BCUT2D eigenvalue weighted by Crippen LogP contribution is 2.35. The number of halogens is 1. The minimum Gasteiger partial charge on any atom is -0.442 e. The Bertz CT molecular complexity index is 367. The number of alkyl halides is 1. The highest BCUT2D eigenvalue weighted by molar-refractivity contribution is 9.09. The van der Waals surface area contributed by atoms with Crippen molar-refractivity contribution in [2.24, 2.45) is 5.92 Å². The van der Waals surface area contributed by atoms with Gasteiger partial charge in [-0.05, 0) is 40.0 Å². The van der Waals surface area contributed by atoms with Gasteiger partial charge >= 0.3 is 6.09 Å². The number of carbonyl (C=O) groups excluding carboxylic acids is 2. The van der Waals surface area contributed by atoms with Crippen molar-refractivity contribution in [2.75, 3.05) is 0 Å². The molecule has 102 valence electrons. The van der Waals surface area contributed by atoms with Crippen molar-refractivity contribution in [2.45, 2.75) is 56.5 Å². The number of nitrogens with one attached hydrogen (secondary N) is 1. The first kappa shape index (κ1) is 13.6. The van der Waals surface area contributed by atoms with Crippen LogP contribution < -0.4 is 5.43 Å². The molecule has 1 heterocycles. The van der Waals surface area contributed by atoms with Crippen LogP contribution >= 0.6 is 15.9 Å². The van der Waals surface area contributed by atoms with Gasteiger partial charge in [0.2, 0.25) is 5.91 Å². The lowest BCUT2D eigenvalue weighted by atomic mass is 9.85. The molecule has 18 heavy (non-hydrogen) atoms. The summed E-state index contributed by atoms with van der Waals surface area (Å²) in [4.78, 5) is 24.2. The molecule has 0 bridgehead atoms. The molecule has 2 rings (SSSR count). The lowest BCUT2D eigenvalue weighted by Gasteiger charge is -2.32. The molecule has 1 aliphatic heterocycles. The topological polar surface area (TPSA) is 58.6 Å². The first-order valence-electron chi connectivity index (χ1n) is 6.25. The van der Waals surface area contributed by atoms with E-state index in [-0.39, 0.29) is 17.9 Å². The van der Waals surface area contributed by atoms with E-state index < -0.39 is 11.7 Å². The Hall–Kier alpha value is -0.780. The Morgan fingerprint density at radius 2 is 2.11 bits per heavy atom. The van der Waals surface area contributed by atoms with E-state index in [1.54, 1.807) is 0 Å². The van der Waals surface area contributed by atoms with Crippen LogP contribution in [0.4, 0.5) is 4.79 Å². The maximum absolute atomic E-state index is 12.0. The van der Waals surface area contributed by atoms with E-state index >= 15 is 0 Å². The third-order valence-electron chi connectivity index (χ3n) is 3.24. The highest BCUT2D eigenvalue weighted by Gasteiger charge is 2.47. The average molecular weight is 319 g/mol. The Kier molecular flexibility index (Phi) is 3.58. The average Bonchev–Trinajstić information content (AvgIpc) is 2.54. The van der Waals surface area contributed by atoms with E-state index in [1.807, 2.05) is 20.8 Å². The number of hydrogen-bond donors (Lipinski definition) is 1. The molecule has 1 saturated heterocycles. The van der Waals surface area contributed by atoms with Gasteiger partial charge in [-0.25, -0.2) is 9.80 Å². The van der Waals surface area contributed by atoms with Gasteiger partial charge < -0.3 is 4.74 Å². The van der Waals surface area contributed by atoms with Crippen molar-refractivity contribution in [1.29, 1.82) is 0 Å². The van der Waals surface area contributed by atoms with Crippen LogP contribution in [0.2, 0.25) is 0 Å². The summed E-state index contributed by atoms with van der Waals surface area (Å²) in [6, 6.07) is -0.0684. The van der Waals surface area contributed by atoms with Crippen molar-refractivity contribution >= 4 is 27.9 Å². The maximum atomic E-state index is 12.0. The van der Waals surface area contributed by atoms with Gasteiger partial charge in [-0.1, -0.05) is 15.9 Å². The van der Waals surface area contributed by atoms with Crippen molar-refractivity contribution in [3.63, 3.8) is 0 Å². The van der Waals surface area contributed by atoms with Crippen LogP contribution in [0, 0.1) is 5.92 Å². The standard InChI is InChI=1S/C12H19BrN2O3/c1-12(2,3)18-11(17)15-9-5-4-7(13)6-8(9)10(16)14-15/h7-9H,4-6H2,1-3H3,(H,14,16). The molecule has 1 saturated carbocycles. The van der Waals surface area contributed by atoms with Crippen LogP contribution in [-0.4, -0.2) is 33.5 Å². The van der Waals surface area contributed by atoms with Crippen LogP contribution in [0.15, 0.2) is 0 Å². The molecule has 6 heteroatoms. The van der Waals surface area contributed by atoms with E-state index in [0.29, 0.717) is 4.83 Å². The molecule has 0 aromatic carbocycles. The predicted molar refractivity (Wildman–Crippen MR) is 70.1 cm³/mol. The molecular formula is C12H19BrN2O3. The summed E-state index contributed by atoms with van der Waals surface area (Å²) in [6.45, 7) is 5.45. The van der Waals surface area contributed by atoms with Gasteiger partial charge in [-0.15, -0.1) is 0 Å². The van der Waals surface area contributed by atoms with Crippen LogP contribution in [0.1, 0.15) is 40.0 Å². The van der Waals surface area contributed by atoms with Gasteiger partial charge in [0.1, 0.15) is 5.60 Å². The number of fused-ring (bicyclic) bond motifs is 1. The minimum atomic E-state index is -0.549. The zero-order valence-corrected chi connectivity index (χ0v) is 12.5. The monoisotopic (exact) mass is 318 g/mol. The predicted octanol–water partition coefficient (Wildman–Crippen LogP) is 2.20. The summed E-state index contributed by atoms with van der Waals surface area (Å²) < 4.78 is 5.31. The van der Waals surface area contributed by atoms with Gasteiger partial charge in [-0.3, -0.25) is 10.2 Å². The van der Waals surface area contributed by atoms with E-state index in [0.717, 1.165) is 19.3 Å². The van der Waals surface area contributed by atoms with Crippen LogP contribution in [0.25, 0.3) is 0 Å². The molecule has 0 spiro atoms. The Labute approximate surface area is 115 Å². The Morgan fingerprint density at radius 3 is 2.72 bits per heavy atom. The van der Waals surface area contributed by atoms with Crippen LogP contribution in [-0.2, 0) is 9.53 Å². The smallest absolute Gasteiger partial charge is 0.429 e. The van der Waals surface area contributed by atoms with Crippen LogP contribution in [0.5, 0.6) is 0 Å². The summed E-state index contributed by atoms with van der Waals surface area (Å²) >= 11 is 3.54. The summed E-state index contributed by atoms with van der Waals surface area (Å²) in [7, 11) is 0. The number of hydrogen-bond acceptors (Lipinski definition) is 3. The lowest BCUT2D eigenvalue weighted by molar-refractivity contribution is -0.124. The summed E-state index contributed by atoms with van der Waals surface area (Å²) in [5.41, 5.74) is 2.09. The molecule has 0 aromatic rings. The number of hydrazine groups is 1. The second-order valence-electron chi connectivity index (χ2n) is 5.91. The van der Waals surface area contributed by atoms with Crippen molar-refractivity contribution in [3.05, 3.63) is 0 Å². The Balaban J connectivity index is 2.07. The highest BCUT2D eigenvalue weighted by atomic mass is 79.9. The maximum Gasteiger partial charge on any atom is 0.429 e. The zero-order valence-electron chi connectivity index (χ0n) is 10.9. The molecular weight excluding hydrogens is 300 g/mol. The third kappa shape index (κ3) is 2.79. The van der Waals surface area contributed by atoms with Crippen molar-refractivity contribution in [1.82, 2.24) is 10.4 Å². The number of rotatable bonds is 0. The fourth-order valence-corrected chi connectivity index (χ4v) is 3.14. The molecule has 2 aliphatic rings. The Morgan fingerprint density at radius 1 is 1.44 bits per heavy atom. The second kappa shape index (κ2) is 4.72. The molecule has 3 atom stereocenters. The second-order valence-corrected chi connectivity index (χ2v) is 7.21. The molecule has 2 amide bonds. The fourth-order valence-electron chi connectivity index (χ4n) is 2.47. The third-order valence-corrected chi connectivity index (χ3v) is 4.07. The van der Waals surface area contributed by atoms with E-state index in [2.05, 4.69) is 21.4 Å². The van der Waals surface area contributed by atoms with Gasteiger partial charge in [0, 0.05) is 4.83 Å². The van der Waals surface area contributed by atoms with E-state index in [9.17, 15) is 9.59 Å². The summed E-state index contributed by atoms with van der Waals surface area (Å²) in [6.07, 6.45) is 2.10. The summed E-state index contributed by atoms with van der Waals surface area (Å²) in [5.74, 6) is -0.189. The first-order chi connectivity index (χ1) is 8.28. The number of ether oxygens (including phenoxy) is 1. The van der Waals surface area contributed by atoms with E-state index in [4.69, 9.17) is 4.74 Å². The van der Waals surface area contributed by atoms with Gasteiger partial charge in [0.15, 0.2) is 0 Å².